The Morgan fingerprint density at radius 1 is 1.00 bits per heavy atom. The summed E-state index contributed by atoms with van der Waals surface area (Å²) in [6.45, 7) is 1.98. The smallest absolute Gasteiger partial charge is 0.217 e. The zero-order valence-corrected chi connectivity index (χ0v) is 15.4. The summed E-state index contributed by atoms with van der Waals surface area (Å²) < 4.78 is 13.3. The highest BCUT2D eigenvalue weighted by Crippen LogP contribution is 2.32. The van der Waals surface area contributed by atoms with Crippen LogP contribution in [0.2, 0.25) is 0 Å². The van der Waals surface area contributed by atoms with Crippen molar-refractivity contribution in [2.45, 2.75) is 12.5 Å². The second-order valence-corrected chi connectivity index (χ2v) is 6.52. The van der Waals surface area contributed by atoms with Crippen molar-refractivity contribution in [2.75, 3.05) is 18.5 Å². The number of hydrogen-bond donors (Lipinski definition) is 1. The zero-order valence-electron chi connectivity index (χ0n) is 15.4. The van der Waals surface area contributed by atoms with Gasteiger partial charge in [0.05, 0.1) is 0 Å². The van der Waals surface area contributed by atoms with Crippen LogP contribution in [0.4, 0.5) is 10.1 Å². The van der Waals surface area contributed by atoms with Gasteiger partial charge < -0.3 is 10.2 Å². The molecule has 138 valence electrons. The summed E-state index contributed by atoms with van der Waals surface area (Å²) in [6, 6.07) is 20.0. The van der Waals surface area contributed by atoms with Crippen LogP contribution in [0, 0.1) is 5.82 Å². The Morgan fingerprint density at radius 2 is 1.59 bits per heavy atom. The summed E-state index contributed by atoms with van der Waals surface area (Å²) in [7, 11) is 1.92. The zero-order chi connectivity index (χ0) is 19.3. The number of amides is 1. The quantitative estimate of drug-likeness (QED) is 0.726. The number of halogens is 1. The molecule has 1 amide bonds. The van der Waals surface area contributed by atoms with E-state index in [2.05, 4.69) is 10.3 Å². The number of pyridine rings is 1. The molecule has 1 N–H and O–H groups in total. The number of aromatic nitrogens is 1. The van der Waals surface area contributed by atoms with Gasteiger partial charge in [0.2, 0.25) is 5.91 Å². The van der Waals surface area contributed by atoms with Gasteiger partial charge in [0, 0.05) is 38.6 Å². The standard InChI is InChI=1S/C22H22FN3O/c1-17(27)25-22(18-6-4-3-5-7-18,19-12-14-24-15-13-19)16-26(2)21-10-8-20(23)9-11-21/h3-15H,16H2,1-2H3,(H,25,27). The van der Waals surface area contributed by atoms with Gasteiger partial charge in [0.15, 0.2) is 0 Å². The molecule has 4 nitrogen and oxygen atoms in total. The van der Waals surface area contributed by atoms with Crippen molar-refractivity contribution in [3.63, 3.8) is 0 Å². The number of carbonyl (C=O) groups excluding carboxylic acids is 1. The highest BCUT2D eigenvalue weighted by molar-refractivity contribution is 5.75. The van der Waals surface area contributed by atoms with E-state index in [0.29, 0.717) is 6.54 Å². The lowest BCUT2D eigenvalue weighted by molar-refractivity contribution is -0.120. The van der Waals surface area contributed by atoms with Crippen LogP contribution < -0.4 is 10.2 Å². The molecule has 3 aromatic rings. The van der Waals surface area contributed by atoms with Gasteiger partial charge >= 0.3 is 0 Å². The number of hydrogen-bond acceptors (Lipinski definition) is 3. The second kappa shape index (κ2) is 7.99. The van der Waals surface area contributed by atoms with E-state index < -0.39 is 5.54 Å². The third-order valence-electron chi connectivity index (χ3n) is 4.57. The molecule has 27 heavy (non-hydrogen) atoms. The average molecular weight is 363 g/mol. The van der Waals surface area contributed by atoms with Crippen LogP contribution in [0.1, 0.15) is 18.1 Å². The van der Waals surface area contributed by atoms with E-state index in [9.17, 15) is 9.18 Å². The van der Waals surface area contributed by atoms with Gasteiger partial charge in [-0.2, -0.15) is 0 Å². The molecule has 1 unspecified atom stereocenters. The predicted molar refractivity (Wildman–Crippen MR) is 105 cm³/mol. The molecule has 0 aliphatic carbocycles. The van der Waals surface area contributed by atoms with Gasteiger partial charge in [-0.25, -0.2) is 4.39 Å². The van der Waals surface area contributed by atoms with Crippen LogP contribution in [-0.4, -0.2) is 24.5 Å². The SMILES string of the molecule is CC(=O)NC(CN(C)c1ccc(F)cc1)(c1ccccc1)c1ccncc1. The van der Waals surface area contributed by atoms with Gasteiger partial charge in [-0.3, -0.25) is 9.78 Å². The molecule has 5 heteroatoms. The first-order chi connectivity index (χ1) is 13.0. The van der Waals surface area contributed by atoms with Gasteiger partial charge in [-0.05, 0) is 47.5 Å². The molecule has 1 heterocycles. The van der Waals surface area contributed by atoms with E-state index in [1.54, 1.807) is 24.5 Å². The molecule has 2 aromatic carbocycles. The summed E-state index contributed by atoms with van der Waals surface area (Å²) in [6.07, 6.45) is 3.43. The molecule has 0 radical (unpaired) electrons. The number of carbonyl (C=O) groups is 1. The Kier molecular flexibility index (Phi) is 5.50. The highest BCUT2D eigenvalue weighted by Gasteiger charge is 2.36. The van der Waals surface area contributed by atoms with Crippen LogP contribution in [0.3, 0.4) is 0 Å². The average Bonchev–Trinajstić information content (AvgIpc) is 2.69. The number of benzene rings is 2. The van der Waals surface area contributed by atoms with Gasteiger partial charge in [0.1, 0.15) is 11.4 Å². The minimum absolute atomic E-state index is 0.136. The van der Waals surface area contributed by atoms with E-state index in [0.717, 1.165) is 16.8 Å². The topological polar surface area (TPSA) is 45.2 Å². The first kappa shape index (κ1) is 18.6. The fourth-order valence-electron chi connectivity index (χ4n) is 3.34. The molecular weight excluding hydrogens is 341 g/mol. The fraction of sp³-hybridized carbons (Fsp3) is 0.182. The summed E-state index contributed by atoms with van der Waals surface area (Å²) in [5.74, 6) is -0.416. The third-order valence-corrected chi connectivity index (χ3v) is 4.57. The van der Waals surface area contributed by atoms with E-state index in [1.165, 1.54) is 19.1 Å². The first-order valence-corrected chi connectivity index (χ1v) is 8.73. The van der Waals surface area contributed by atoms with Crippen molar-refractivity contribution < 1.29 is 9.18 Å². The molecule has 0 bridgehead atoms. The van der Waals surface area contributed by atoms with Gasteiger partial charge in [-0.15, -0.1) is 0 Å². The number of rotatable bonds is 6. The lowest BCUT2D eigenvalue weighted by atomic mass is 9.82. The highest BCUT2D eigenvalue weighted by atomic mass is 19.1. The van der Waals surface area contributed by atoms with Crippen LogP contribution in [0.15, 0.2) is 79.1 Å². The van der Waals surface area contributed by atoms with Crippen molar-refractivity contribution in [3.8, 4) is 0 Å². The third kappa shape index (κ3) is 4.14. The van der Waals surface area contributed by atoms with E-state index in [1.807, 2.05) is 54.4 Å². The van der Waals surface area contributed by atoms with Crippen molar-refractivity contribution in [2.24, 2.45) is 0 Å². The molecule has 0 spiro atoms. The molecule has 0 saturated carbocycles. The van der Waals surface area contributed by atoms with Crippen LogP contribution >= 0.6 is 0 Å². The summed E-state index contributed by atoms with van der Waals surface area (Å²) >= 11 is 0. The largest absolute Gasteiger partial charge is 0.372 e. The van der Waals surface area contributed by atoms with Crippen LogP contribution in [0.25, 0.3) is 0 Å². The Morgan fingerprint density at radius 3 is 2.19 bits per heavy atom. The molecule has 0 aliphatic heterocycles. The lowest BCUT2D eigenvalue weighted by Crippen LogP contribution is -2.53. The monoisotopic (exact) mass is 363 g/mol. The van der Waals surface area contributed by atoms with Gasteiger partial charge in [-0.1, -0.05) is 30.3 Å². The summed E-state index contributed by atoms with van der Waals surface area (Å²) in [5, 5.41) is 3.16. The Balaban J connectivity index is 2.10. The maximum absolute atomic E-state index is 13.3. The van der Waals surface area contributed by atoms with Crippen LogP contribution in [0.5, 0.6) is 0 Å². The number of nitrogens with zero attached hydrogens (tertiary/aromatic N) is 2. The number of anilines is 1. The lowest BCUT2D eigenvalue weighted by Gasteiger charge is -2.39. The molecule has 0 saturated heterocycles. The number of nitrogens with one attached hydrogen (secondary N) is 1. The molecule has 1 aromatic heterocycles. The molecule has 3 rings (SSSR count). The maximum atomic E-state index is 13.3. The van der Waals surface area contributed by atoms with Crippen molar-refractivity contribution in [1.82, 2.24) is 10.3 Å². The molecule has 0 aliphatic rings. The van der Waals surface area contributed by atoms with Crippen molar-refractivity contribution in [1.29, 1.82) is 0 Å². The second-order valence-electron chi connectivity index (χ2n) is 6.52. The Labute approximate surface area is 158 Å². The van der Waals surface area contributed by atoms with Gasteiger partial charge in [0.25, 0.3) is 0 Å². The van der Waals surface area contributed by atoms with Crippen molar-refractivity contribution in [3.05, 3.63) is 96.1 Å². The minimum Gasteiger partial charge on any atom is -0.372 e. The first-order valence-electron chi connectivity index (χ1n) is 8.73. The summed E-state index contributed by atoms with van der Waals surface area (Å²) in [5.41, 5.74) is 1.96. The minimum atomic E-state index is -0.779. The summed E-state index contributed by atoms with van der Waals surface area (Å²) in [4.78, 5) is 18.3. The number of likely N-dealkylation sites (N-methyl/N-ethyl adjacent to an activating group) is 1. The normalized spacial score (nSPS) is 12.9. The predicted octanol–water partition coefficient (Wildman–Crippen LogP) is 3.74. The Bertz CT molecular complexity index is 843. The van der Waals surface area contributed by atoms with E-state index >= 15 is 0 Å². The molecular formula is C22H22FN3O. The molecule has 1 atom stereocenters. The van der Waals surface area contributed by atoms with E-state index in [4.69, 9.17) is 0 Å². The van der Waals surface area contributed by atoms with Crippen molar-refractivity contribution >= 4 is 11.6 Å². The van der Waals surface area contributed by atoms with Crippen LogP contribution in [-0.2, 0) is 10.3 Å². The molecule has 0 fully saturated rings. The fourth-order valence-corrected chi connectivity index (χ4v) is 3.34. The van der Waals surface area contributed by atoms with E-state index in [-0.39, 0.29) is 11.7 Å². The Hall–Kier alpha value is -3.21. The maximum Gasteiger partial charge on any atom is 0.217 e.